The van der Waals surface area contributed by atoms with E-state index in [1.54, 1.807) is 18.2 Å². The number of hydrogen-bond donors (Lipinski definition) is 1. The van der Waals surface area contributed by atoms with E-state index in [0.29, 0.717) is 16.8 Å². The van der Waals surface area contributed by atoms with Crippen molar-refractivity contribution in [2.75, 3.05) is 19.5 Å². The zero-order chi connectivity index (χ0) is 18.7. The lowest BCUT2D eigenvalue weighted by Gasteiger charge is -2.12. The van der Waals surface area contributed by atoms with Crippen molar-refractivity contribution < 1.29 is 18.7 Å². The van der Waals surface area contributed by atoms with Gasteiger partial charge in [0.05, 0.1) is 25.8 Å². The first-order valence-corrected chi connectivity index (χ1v) is 7.69. The summed E-state index contributed by atoms with van der Waals surface area (Å²) in [5, 5.41) is 7.36. The molecule has 0 fully saturated rings. The Bertz CT molecular complexity index is 1030. The molecule has 0 saturated carbocycles. The molecule has 1 heterocycles. The van der Waals surface area contributed by atoms with Crippen LogP contribution < -0.4 is 20.3 Å². The van der Waals surface area contributed by atoms with Gasteiger partial charge in [-0.3, -0.25) is 9.59 Å². The summed E-state index contributed by atoms with van der Waals surface area (Å²) >= 11 is 0. The number of carbonyl (C=O) groups is 1. The number of aromatic nitrogens is 2. The van der Waals surface area contributed by atoms with Crippen molar-refractivity contribution in [1.82, 2.24) is 9.78 Å². The van der Waals surface area contributed by atoms with Crippen LogP contribution in [0.4, 0.5) is 10.1 Å². The number of benzene rings is 2. The molecule has 0 bridgehead atoms. The number of methoxy groups -OCH3 is 2. The molecule has 0 spiro atoms. The molecule has 26 heavy (non-hydrogen) atoms. The molecule has 0 aliphatic rings. The summed E-state index contributed by atoms with van der Waals surface area (Å²) in [7, 11) is 2.90. The third kappa shape index (κ3) is 3.34. The van der Waals surface area contributed by atoms with E-state index in [2.05, 4.69) is 10.4 Å². The van der Waals surface area contributed by atoms with Crippen molar-refractivity contribution in [3.8, 4) is 11.5 Å². The molecule has 0 aliphatic heterocycles. The smallest absolute Gasteiger partial charge is 0.279 e. The Morgan fingerprint density at radius 1 is 1.23 bits per heavy atom. The summed E-state index contributed by atoms with van der Waals surface area (Å²) in [5.41, 5.74) is -0.198. The number of rotatable bonds is 5. The molecular formula is C18H16FN3O4. The van der Waals surface area contributed by atoms with Gasteiger partial charge >= 0.3 is 0 Å². The molecule has 3 aromatic rings. The molecule has 8 heteroatoms. The average Bonchev–Trinajstić information content (AvgIpc) is 2.63. The Morgan fingerprint density at radius 3 is 2.73 bits per heavy atom. The maximum absolute atomic E-state index is 13.2. The number of carbonyl (C=O) groups excluding carboxylic acids is 1. The molecule has 2 aromatic carbocycles. The van der Waals surface area contributed by atoms with Gasteiger partial charge in [-0.05, 0) is 30.3 Å². The highest BCUT2D eigenvalue weighted by molar-refractivity contribution is 5.92. The first kappa shape index (κ1) is 17.4. The quantitative estimate of drug-likeness (QED) is 0.757. The lowest BCUT2D eigenvalue weighted by Crippen LogP contribution is -2.29. The molecule has 7 nitrogen and oxygen atoms in total. The van der Waals surface area contributed by atoms with Crippen LogP contribution in [0.3, 0.4) is 0 Å². The summed E-state index contributed by atoms with van der Waals surface area (Å²) in [6.45, 7) is -0.328. The Balaban J connectivity index is 1.94. The Morgan fingerprint density at radius 2 is 2.04 bits per heavy atom. The standard InChI is InChI=1S/C18H16FN3O4/c1-25-14-7-6-11-9-20-22(18(24)16(11)17(14)26-2)10-15(23)21-13-5-3-4-12(19)8-13/h3-9H,10H2,1-2H3,(H,21,23). The van der Waals surface area contributed by atoms with E-state index >= 15 is 0 Å². The summed E-state index contributed by atoms with van der Waals surface area (Å²) in [4.78, 5) is 24.9. The van der Waals surface area contributed by atoms with Gasteiger partial charge in [0, 0.05) is 11.1 Å². The second-order valence-electron chi connectivity index (χ2n) is 5.43. The van der Waals surface area contributed by atoms with Gasteiger partial charge in [0.2, 0.25) is 5.91 Å². The van der Waals surface area contributed by atoms with Crippen LogP contribution in [-0.4, -0.2) is 29.9 Å². The summed E-state index contributed by atoms with van der Waals surface area (Å²) in [6, 6.07) is 8.83. The third-order valence-electron chi connectivity index (χ3n) is 3.76. The van der Waals surface area contributed by atoms with Gasteiger partial charge in [0.25, 0.3) is 5.56 Å². The topological polar surface area (TPSA) is 82.5 Å². The van der Waals surface area contributed by atoms with Gasteiger partial charge < -0.3 is 14.8 Å². The van der Waals surface area contributed by atoms with Crippen LogP contribution in [0.5, 0.6) is 11.5 Å². The molecule has 1 N–H and O–H groups in total. The Labute approximate surface area is 148 Å². The van der Waals surface area contributed by atoms with E-state index in [1.165, 1.54) is 38.6 Å². The number of fused-ring (bicyclic) bond motifs is 1. The Kier molecular flexibility index (Phi) is 4.83. The zero-order valence-corrected chi connectivity index (χ0v) is 14.2. The second kappa shape index (κ2) is 7.22. The summed E-state index contributed by atoms with van der Waals surface area (Å²) < 4.78 is 24.7. The fraction of sp³-hybridized carbons (Fsp3) is 0.167. The minimum absolute atomic E-state index is 0.264. The molecule has 3 rings (SSSR count). The van der Waals surface area contributed by atoms with E-state index in [4.69, 9.17) is 9.47 Å². The minimum atomic E-state index is -0.508. The monoisotopic (exact) mass is 357 g/mol. The third-order valence-corrected chi connectivity index (χ3v) is 3.76. The van der Waals surface area contributed by atoms with Crippen LogP contribution in [0, 0.1) is 5.82 Å². The van der Waals surface area contributed by atoms with Crippen molar-refractivity contribution in [2.45, 2.75) is 6.54 Å². The van der Waals surface area contributed by atoms with Crippen molar-refractivity contribution >= 4 is 22.4 Å². The number of nitrogens with one attached hydrogen (secondary N) is 1. The molecule has 134 valence electrons. The van der Waals surface area contributed by atoms with Crippen LogP contribution in [0.2, 0.25) is 0 Å². The molecule has 0 aliphatic carbocycles. The fourth-order valence-electron chi connectivity index (χ4n) is 2.60. The molecule has 1 amide bonds. The summed E-state index contributed by atoms with van der Waals surface area (Å²) in [6.07, 6.45) is 1.47. The number of amides is 1. The normalized spacial score (nSPS) is 10.6. The first-order valence-electron chi connectivity index (χ1n) is 7.69. The van der Waals surface area contributed by atoms with Crippen molar-refractivity contribution in [3.63, 3.8) is 0 Å². The van der Waals surface area contributed by atoms with Crippen LogP contribution in [0.15, 0.2) is 47.4 Å². The predicted octanol–water partition coefficient (Wildman–Crippen LogP) is 2.19. The van der Waals surface area contributed by atoms with E-state index in [0.717, 1.165) is 4.68 Å². The Hall–Kier alpha value is -3.42. The van der Waals surface area contributed by atoms with E-state index in [9.17, 15) is 14.0 Å². The maximum atomic E-state index is 13.2. The highest BCUT2D eigenvalue weighted by Crippen LogP contribution is 2.32. The number of nitrogens with zero attached hydrogens (tertiary/aromatic N) is 2. The van der Waals surface area contributed by atoms with Crippen LogP contribution in [0.25, 0.3) is 10.8 Å². The molecule has 1 aromatic heterocycles. The minimum Gasteiger partial charge on any atom is -0.493 e. The maximum Gasteiger partial charge on any atom is 0.279 e. The fourth-order valence-corrected chi connectivity index (χ4v) is 2.60. The van der Waals surface area contributed by atoms with Crippen molar-refractivity contribution in [2.24, 2.45) is 0 Å². The molecule has 0 atom stereocenters. The summed E-state index contributed by atoms with van der Waals surface area (Å²) in [5.74, 6) is -0.303. The predicted molar refractivity (Wildman–Crippen MR) is 94.1 cm³/mol. The number of halogens is 1. The molecule has 0 unspecified atom stereocenters. The van der Waals surface area contributed by atoms with Gasteiger partial charge in [-0.15, -0.1) is 0 Å². The molecule has 0 saturated heterocycles. The lowest BCUT2D eigenvalue weighted by atomic mass is 10.1. The SMILES string of the molecule is COc1ccc2cnn(CC(=O)Nc3cccc(F)c3)c(=O)c2c1OC. The van der Waals surface area contributed by atoms with E-state index < -0.39 is 17.3 Å². The van der Waals surface area contributed by atoms with Crippen LogP contribution >= 0.6 is 0 Å². The number of hydrogen-bond acceptors (Lipinski definition) is 5. The number of ether oxygens (including phenoxy) is 2. The van der Waals surface area contributed by atoms with E-state index in [-0.39, 0.29) is 17.7 Å². The van der Waals surface area contributed by atoms with E-state index in [1.807, 2.05) is 0 Å². The highest BCUT2D eigenvalue weighted by Gasteiger charge is 2.16. The van der Waals surface area contributed by atoms with Gasteiger partial charge in [0.15, 0.2) is 11.5 Å². The molecular weight excluding hydrogens is 341 g/mol. The van der Waals surface area contributed by atoms with Crippen molar-refractivity contribution in [1.29, 1.82) is 0 Å². The number of anilines is 1. The lowest BCUT2D eigenvalue weighted by molar-refractivity contribution is -0.117. The van der Waals surface area contributed by atoms with Crippen LogP contribution in [0.1, 0.15) is 0 Å². The highest BCUT2D eigenvalue weighted by atomic mass is 19.1. The van der Waals surface area contributed by atoms with Gasteiger partial charge in [-0.1, -0.05) is 6.07 Å². The van der Waals surface area contributed by atoms with Gasteiger partial charge in [0.1, 0.15) is 12.4 Å². The average molecular weight is 357 g/mol. The largest absolute Gasteiger partial charge is 0.493 e. The van der Waals surface area contributed by atoms with Crippen molar-refractivity contribution in [3.05, 3.63) is 58.8 Å². The zero-order valence-electron chi connectivity index (χ0n) is 14.2. The molecule has 0 radical (unpaired) electrons. The first-order chi connectivity index (χ1) is 12.5. The van der Waals surface area contributed by atoms with Gasteiger partial charge in [-0.25, -0.2) is 9.07 Å². The van der Waals surface area contributed by atoms with Crippen LogP contribution in [-0.2, 0) is 11.3 Å². The second-order valence-corrected chi connectivity index (χ2v) is 5.43. The van der Waals surface area contributed by atoms with Gasteiger partial charge in [-0.2, -0.15) is 5.10 Å².